The highest BCUT2D eigenvalue weighted by Crippen LogP contribution is 2.33. The van der Waals surface area contributed by atoms with Gasteiger partial charge in [-0.2, -0.15) is 13.2 Å². The van der Waals surface area contributed by atoms with E-state index in [-0.39, 0.29) is 18.4 Å². The Kier molecular flexibility index (Phi) is 5.61. The van der Waals surface area contributed by atoms with Crippen molar-refractivity contribution in [3.8, 4) is 0 Å². The Morgan fingerprint density at radius 3 is 2.36 bits per heavy atom. The van der Waals surface area contributed by atoms with Gasteiger partial charge in [-0.25, -0.2) is 4.98 Å². The number of aromatic nitrogens is 3. The zero-order valence-electron chi connectivity index (χ0n) is 16.0. The molecule has 3 rings (SSSR count). The number of fused-ring (bicyclic) bond motifs is 1. The number of aryl methyl sites for hydroxylation is 1. The van der Waals surface area contributed by atoms with Crippen LogP contribution in [0.2, 0.25) is 0 Å². The molecule has 1 N–H and O–H groups in total. The van der Waals surface area contributed by atoms with Gasteiger partial charge in [-0.15, -0.1) is 0 Å². The van der Waals surface area contributed by atoms with E-state index in [9.17, 15) is 18.4 Å². The van der Waals surface area contributed by atoms with Crippen molar-refractivity contribution in [1.82, 2.24) is 9.55 Å². The SMILES string of the molecule is CC(C)(C)c1nc2cc(Sc3cc[n+](O)cc3)ccc2n1CCCC(F)(F)F. The third-order valence-corrected chi connectivity index (χ3v) is 5.25. The van der Waals surface area contributed by atoms with Crippen LogP contribution in [0.3, 0.4) is 0 Å². The molecular weight excluding hydrogens is 387 g/mol. The van der Waals surface area contributed by atoms with Crippen LogP contribution in [0.1, 0.15) is 39.4 Å². The van der Waals surface area contributed by atoms with Crippen LogP contribution in [0.25, 0.3) is 11.0 Å². The Bertz CT molecular complexity index is 960. The monoisotopic (exact) mass is 410 g/mol. The van der Waals surface area contributed by atoms with Gasteiger partial charge in [0.2, 0.25) is 12.4 Å². The number of rotatable bonds is 5. The van der Waals surface area contributed by atoms with Gasteiger partial charge in [-0.1, -0.05) is 32.5 Å². The first kappa shape index (κ1) is 20.5. The Labute approximate surface area is 166 Å². The van der Waals surface area contributed by atoms with E-state index in [1.807, 2.05) is 43.5 Å². The molecule has 0 saturated carbocycles. The predicted molar refractivity (Wildman–Crippen MR) is 102 cm³/mol. The number of nitrogens with zero attached hydrogens (tertiary/aromatic N) is 3. The minimum Gasteiger partial charge on any atom is -0.328 e. The number of alkyl halides is 3. The van der Waals surface area contributed by atoms with E-state index in [1.165, 1.54) is 11.8 Å². The summed E-state index contributed by atoms with van der Waals surface area (Å²) in [5.74, 6) is 0.785. The molecule has 3 aromatic rings. The first-order valence-electron chi connectivity index (χ1n) is 8.99. The van der Waals surface area contributed by atoms with Crippen molar-refractivity contribution in [3.63, 3.8) is 0 Å². The van der Waals surface area contributed by atoms with Crippen molar-refractivity contribution in [2.75, 3.05) is 0 Å². The van der Waals surface area contributed by atoms with Crippen LogP contribution in [0.15, 0.2) is 52.5 Å². The molecule has 0 aliphatic rings. The van der Waals surface area contributed by atoms with Gasteiger partial charge >= 0.3 is 6.18 Å². The quantitative estimate of drug-likeness (QED) is 0.455. The second-order valence-corrected chi connectivity index (χ2v) is 8.87. The molecule has 2 aromatic heterocycles. The summed E-state index contributed by atoms with van der Waals surface area (Å²) in [6.45, 7) is 6.32. The molecule has 0 radical (unpaired) electrons. The molecule has 0 aliphatic heterocycles. The van der Waals surface area contributed by atoms with Crippen LogP contribution < -0.4 is 4.73 Å². The number of pyridine rings is 1. The standard InChI is InChI=1S/C20H23F3N3OS/c1-19(2,3)18-24-16-13-15(28-14-7-11-25(27)12-8-14)5-6-17(16)26(18)10-4-9-20(21,22)23/h5-8,11-13,27H,4,9-10H2,1-3H3/q+1. The van der Waals surface area contributed by atoms with E-state index in [0.717, 1.165) is 31.4 Å². The molecule has 0 atom stereocenters. The third-order valence-electron chi connectivity index (χ3n) is 4.25. The average molecular weight is 410 g/mol. The molecule has 150 valence electrons. The van der Waals surface area contributed by atoms with Crippen LogP contribution in [0, 0.1) is 0 Å². The van der Waals surface area contributed by atoms with Gasteiger partial charge in [-0.05, 0) is 24.6 Å². The molecular formula is C20H23F3N3OS+. The summed E-state index contributed by atoms with van der Waals surface area (Å²) in [6, 6.07) is 9.41. The number of imidazole rings is 1. The summed E-state index contributed by atoms with van der Waals surface area (Å²) in [7, 11) is 0. The van der Waals surface area contributed by atoms with E-state index in [4.69, 9.17) is 4.98 Å². The number of benzene rings is 1. The second-order valence-electron chi connectivity index (χ2n) is 7.72. The summed E-state index contributed by atoms with van der Waals surface area (Å²) < 4.78 is 40.6. The van der Waals surface area contributed by atoms with E-state index >= 15 is 0 Å². The van der Waals surface area contributed by atoms with Crippen molar-refractivity contribution in [2.45, 2.75) is 61.5 Å². The molecule has 2 heterocycles. The lowest BCUT2D eigenvalue weighted by molar-refractivity contribution is -0.905. The molecule has 4 nitrogen and oxygen atoms in total. The van der Waals surface area contributed by atoms with Gasteiger partial charge in [0, 0.05) is 45.0 Å². The van der Waals surface area contributed by atoms with Crippen molar-refractivity contribution >= 4 is 22.8 Å². The van der Waals surface area contributed by atoms with Gasteiger partial charge in [0.15, 0.2) is 0 Å². The largest absolute Gasteiger partial charge is 0.389 e. The smallest absolute Gasteiger partial charge is 0.328 e. The lowest BCUT2D eigenvalue weighted by Gasteiger charge is -2.20. The fourth-order valence-electron chi connectivity index (χ4n) is 3.02. The van der Waals surface area contributed by atoms with Crippen LogP contribution >= 0.6 is 11.8 Å². The Balaban J connectivity index is 1.91. The zero-order valence-corrected chi connectivity index (χ0v) is 16.8. The maximum absolute atomic E-state index is 12.6. The molecule has 28 heavy (non-hydrogen) atoms. The highest BCUT2D eigenvalue weighted by Gasteiger charge is 2.28. The average Bonchev–Trinajstić information content (AvgIpc) is 2.94. The highest BCUT2D eigenvalue weighted by atomic mass is 32.2. The van der Waals surface area contributed by atoms with Crippen molar-refractivity contribution in [2.24, 2.45) is 0 Å². The topological polar surface area (TPSA) is 41.9 Å². The lowest BCUT2D eigenvalue weighted by atomic mass is 9.95. The summed E-state index contributed by atoms with van der Waals surface area (Å²) in [5, 5.41) is 9.32. The summed E-state index contributed by atoms with van der Waals surface area (Å²) in [5.41, 5.74) is 1.34. The summed E-state index contributed by atoms with van der Waals surface area (Å²) in [4.78, 5) is 6.68. The molecule has 1 aromatic carbocycles. The number of halogens is 3. The molecule has 0 bridgehead atoms. The molecule has 0 aliphatic carbocycles. The molecule has 0 spiro atoms. The maximum atomic E-state index is 12.6. The molecule has 8 heteroatoms. The lowest BCUT2D eigenvalue weighted by Crippen LogP contribution is -2.27. The Hall–Kier alpha value is -2.22. The fourth-order valence-corrected chi connectivity index (χ4v) is 3.86. The first-order valence-corrected chi connectivity index (χ1v) is 9.80. The molecule has 0 saturated heterocycles. The van der Waals surface area contributed by atoms with Crippen molar-refractivity contribution < 1.29 is 23.1 Å². The van der Waals surface area contributed by atoms with Crippen LogP contribution in [0.4, 0.5) is 13.2 Å². The zero-order chi connectivity index (χ0) is 20.5. The molecule has 0 unspecified atom stereocenters. The van der Waals surface area contributed by atoms with Gasteiger partial charge in [0.1, 0.15) is 5.82 Å². The minimum absolute atomic E-state index is 0.0275. The van der Waals surface area contributed by atoms with Crippen molar-refractivity contribution in [3.05, 3.63) is 48.5 Å². The minimum atomic E-state index is -4.15. The Morgan fingerprint density at radius 1 is 1.07 bits per heavy atom. The van der Waals surface area contributed by atoms with E-state index in [0.29, 0.717) is 0 Å². The van der Waals surface area contributed by atoms with E-state index in [2.05, 4.69) is 0 Å². The van der Waals surface area contributed by atoms with Gasteiger partial charge in [0.05, 0.1) is 11.0 Å². The van der Waals surface area contributed by atoms with Crippen LogP contribution in [0.5, 0.6) is 0 Å². The molecule has 0 amide bonds. The summed E-state index contributed by atoms with van der Waals surface area (Å²) in [6.07, 6.45) is -1.82. The normalized spacial score (nSPS) is 12.6. The number of hydrogen-bond donors (Lipinski definition) is 1. The maximum Gasteiger partial charge on any atom is 0.389 e. The fraction of sp³-hybridized carbons (Fsp3) is 0.400. The second kappa shape index (κ2) is 7.66. The predicted octanol–water partition coefficient (Wildman–Crippen LogP) is 5.35. The van der Waals surface area contributed by atoms with Crippen LogP contribution in [-0.2, 0) is 12.0 Å². The Morgan fingerprint density at radius 2 is 1.75 bits per heavy atom. The summed E-state index contributed by atoms with van der Waals surface area (Å²) >= 11 is 1.53. The van der Waals surface area contributed by atoms with Gasteiger partial charge < -0.3 is 4.57 Å². The third kappa shape index (κ3) is 4.98. The number of hydrogen-bond acceptors (Lipinski definition) is 3. The van der Waals surface area contributed by atoms with E-state index < -0.39 is 12.6 Å². The van der Waals surface area contributed by atoms with Crippen LogP contribution in [-0.4, -0.2) is 20.9 Å². The van der Waals surface area contributed by atoms with Gasteiger partial charge in [0.25, 0.3) is 0 Å². The molecule has 0 fully saturated rings. The highest BCUT2D eigenvalue weighted by molar-refractivity contribution is 7.99. The van der Waals surface area contributed by atoms with Gasteiger partial charge in [-0.3, -0.25) is 5.21 Å². The first-order chi connectivity index (χ1) is 13.0. The van der Waals surface area contributed by atoms with Crippen molar-refractivity contribution in [1.29, 1.82) is 0 Å². The van der Waals surface area contributed by atoms with E-state index in [1.54, 1.807) is 24.5 Å².